The van der Waals surface area contributed by atoms with Crippen LogP contribution in [0.1, 0.15) is 53.3 Å². The highest BCUT2D eigenvalue weighted by Crippen LogP contribution is 2.41. The lowest BCUT2D eigenvalue weighted by atomic mass is 10.0. The fourth-order valence-corrected chi connectivity index (χ4v) is 7.14. The Hall–Kier alpha value is -4.49. The highest BCUT2D eigenvalue weighted by Gasteiger charge is 2.26. The third-order valence-corrected chi connectivity index (χ3v) is 9.97. The molecular formula is C36H39Cl2N7O5. The number of nitrogens with one attached hydrogen (secondary N) is 3. The van der Waals surface area contributed by atoms with Gasteiger partial charge in [-0.3, -0.25) is 24.3 Å². The molecule has 2 amide bonds. The number of pyridine rings is 1. The fourth-order valence-electron chi connectivity index (χ4n) is 6.55. The number of nitrogens with zero attached hydrogens (tertiary/aromatic N) is 4. The maximum absolute atomic E-state index is 13.5. The molecule has 2 aliphatic rings. The number of benzene rings is 2. The Morgan fingerprint density at radius 2 is 1.94 bits per heavy atom. The van der Waals surface area contributed by atoms with Crippen molar-refractivity contribution in [2.45, 2.75) is 51.2 Å². The summed E-state index contributed by atoms with van der Waals surface area (Å²) < 4.78 is 7.52. The molecule has 0 saturated carbocycles. The second-order valence-corrected chi connectivity index (χ2v) is 13.3. The Bertz CT molecular complexity index is 1930. The zero-order valence-corrected chi connectivity index (χ0v) is 29.4. The first kappa shape index (κ1) is 35.3. The average molecular weight is 721 g/mol. The number of rotatable bonds is 13. The van der Waals surface area contributed by atoms with Crippen LogP contribution in [0.2, 0.25) is 10.0 Å². The first-order valence-electron chi connectivity index (χ1n) is 16.5. The molecule has 14 heteroatoms. The lowest BCUT2D eigenvalue weighted by Gasteiger charge is -2.26. The molecule has 4 aromatic rings. The zero-order valence-electron chi connectivity index (χ0n) is 27.9. The molecule has 0 aliphatic carbocycles. The van der Waals surface area contributed by atoms with E-state index in [0.717, 1.165) is 35.5 Å². The first-order chi connectivity index (χ1) is 24.1. The molecule has 2 aromatic carbocycles. The van der Waals surface area contributed by atoms with E-state index in [1.165, 1.54) is 0 Å². The topological polar surface area (TPSA) is 151 Å². The molecule has 4 N–H and O–H groups in total. The second kappa shape index (κ2) is 15.6. The summed E-state index contributed by atoms with van der Waals surface area (Å²) in [5, 5.41) is 19.0. The lowest BCUT2D eigenvalue weighted by Crippen LogP contribution is -2.35. The van der Waals surface area contributed by atoms with Crippen molar-refractivity contribution in [2.24, 2.45) is 7.05 Å². The van der Waals surface area contributed by atoms with Crippen LogP contribution in [0.4, 0.5) is 5.69 Å². The van der Waals surface area contributed by atoms with Gasteiger partial charge in [0.15, 0.2) is 5.82 Å². The van der Waals surface area contributed by atoms with Crippen LogP contribution in [0.25, 0.3) is 22.4 Å². The van der Waals surface area contributed by atoms with Crippen LogP contribution in [0.3, 0.4) is 0 Å². The van der Waals surface area contributed by atoms with Gasteiger partial charge in [0.05, 0.1) is 34.2 Å². The van der Waals surface area contributed by atoms with Gasteiger partial charge in [0.25, 0.3) is 5.91 Å². The molecule has 6 rings (SSSR count). The van der Waals surface area contributed by atoms with Gasteiger partial charge in [-0.2, -0.15) is 0 Å². The van der Waals surface area contributed by atoms with Crippen LogP contribution >= 0.6 is 23.2 Å². The molecule has 1 saturated heterocycles. The fraction of sp³-hybridized carbons (Fsp3) is 0.361. The van der Waals surface area contributed by atoms with Crippen molar-refractivity contribution in [1.29, 1.82) is 0 Å². The first-order valence-corrected chi connectivity index (χ1v) is 17.3. The predicted molar refractivity (Wildman–Crippen MR) is 192 cm³/mol. The molecule has 0 radical (unpaired) electrons. The van der Waals surface area contributed by atoms with Gasteiger partial charge in [0.1, 0.15) is 5.75 Å². The van der Waals surface area contributed by atoms with Gasteiger partial charge in [-0.05, 0) is 37.6 Å². The van der Waals surface area contributed by atoms with Crippen molar-refractivity contribution < 1.29 is 24.2 Å². The SMILES string of the molecule is COc1cc(-c2nccc(-c3cccc(NC(=O)c4nc5c(n4C)CCN(CCCC(=O)O)C5)c3Cl)c2Cl)ccc1CNC[C@@H]1CCC(=O)N1. The van der Waals surface area contributed by atoms with Crippen molar-refractivity contribution in [3.05, 3.63) is 81.5 Å². The summed E-state index contributed by atoms with van der Waals surface area (Å²) in [7, 11) is 3.44. The van der Waals surface area contributed by atoms with Crippen molar-refractivity contribution in [1.82, 2.24) is 30.1 Å². The largest absolute Gasteiger partial charge is 0.496 e. The molecule has 4 heterocycles. The van der Waals surface area contributed by atoms with Crippen molar-refractivity contribution in [3.63, 3.8) is 0 Å². The van der Waals surface area contributed by atoms with Gasteiger partial charge in [0.2, 0.25) is 5.91 Å². The number of carbonyl (C=O) groups is 3. The van der Waals surface area contributed by atoms with Gasteiger partial charge in [-0.25, -0.2) is 4.98 Å². The summed E-state index contributed by atoms with van der Waals surface area (Å²) in [6.45, 7) is 3.23. The van der Waals surface area contributed by atoms with Crippen molar-refractivity contribution >= 4 is 46.7 Å². The second-order valence-electron chi connectivity index (χ2n) is 12.5. The Labute approximate surface area is 300 Å². The summed E-state index contributed by atoms with van der Waals surface area (Å²) in [6, 6.07) is 13.1. The molecule has 1 atom stereocenters. The predicted octanol–water partition coefficient (Wildman–Crippen LogP) is 5.31. The molecule has 262 valence electrons. The number of hydrogen-bond acceptors (Lipinski definition) is 8. The van der Waals surface area contributed by atoms with Gasteiger partial charge in [-0.15, -0.1) is 0 Å². The standard InChI is InChI=1S/C36H39Cl2N7O5/c1-44-28-13-16-45(15-4-7-31(47)48)20-27(28)42-35(44)36(49)43-26-6-3-5-24(32(26)37)25-12-14-40-34(33(25)38)21-8-9-22(29(17-21)50-2)18-39-19-23-10-11-30(46)41-23/h3,5-6,8-9,12,14,17,23,39H,4,7,10-11,13,15-16,18-20H2,1-2H3,(H,41,46)(H,43,49)(H,47,48)/t23-/m0/s1. The van der Waals surface area contributed by atoms with Crippen molar-refractivity contribution in [2.75, 3.05) is 32.1 Å². The van der Waals surface area contributed by atoms with Crippen LogP contribution in [-0.2, 0) is 36.1 Å². The van der Waals surface area contributed by atoms with Gasteiger partial charge >= 0.3 is 5.97 Å². The average Bonchev–Trinajstić information content (AvgIpc) is 3.67. The summed E-state index contributed by atoms with van der Waals surface area (Å²) in [6.07, 6.45) is 4.45. The lowest BCUT2D eigenvalue weighted by molar-refractivity contribution is -0.137. The van der Waals surface area contributed by atoms with E-state index in [9.17, 15) is 14.4 Å². The van der Waals surface area contributed by atoms with Gasteiger partial charge in [-0.1, -0.05) is 47.5 Å². The highest BCUT2D eigenvalue weighted by atomic mass is 35.5. The number of imidazole rings is 1. The Balaban J connectivity index is 1.17. The molecular weight excluding hydrogens is 681 g/mol. The number of aromatic nitrogens is 3. The molecule has 12 nitrogen and oxygen atoms in total. The summed E-state index contributed by atoms with van der Waals surface area (Å²) in [5.41, 5.74) is 5.77. The summed E-state index contributed by atoms with van der Waals surface area (Å²) in [5.74, 6) is -0.163. The number of amides is 2. The summed E-state index contributed by atoms with van der Waals surface area (Å²) in [4.78, 5) is 47.3. The quantitative estimate of drug-likeness (QED) is 0.144. The molecule has 50 heavy (non-hydrogen) atoms. The van der Waals surface area contributed by atoms with E-state index in [1.54, 1.807) is 31.5 Å². The smallest absolute Gasteiger partial charge is 0.303 e. The Morgan fingerprint density at radius 1 is 1.12 bits per heavy atom. The van der Waals surface area contributed by atoms with Crippen LogP contribution in [0.15, 0.2) is 48.7 Å². The van der Waals surface area contributed by atoms with Gasteiger partial charge in [0, 0.05) is 92.7 Å². The number of fused-ring (bicyclic) bond motifs is 1. The summed E-state index contributed by atoms with van der Waals surface area (Å²) >= 11 is 13.9. The maximum atomic E-state index is 13.5. The van der Waals surface area contributed by atoms with Crippen LogP contribution in [0, 0.1) is 0 Å². The van der Waals surface area contributed by atoms with E-state index in [-0.39, 0.29) is 24.2 Å². The van der Waals surface area contributed by atoms with E-state index < -0.39 is 11.9 Å². The van der Waals surface area contributed by atoms with E-state index in [2.05, 4.69) is 30.8 Å². The maximum Gasteiger partial charge on any atom is 0.303 e. The molecule has 2 aromatic heterocycles. The number of halogens is 2. The number of ether oxygens (including phenoxy) is 1. The minimum Gasteiger partial charge on any atom is -0.496 e. The minimum atomic E-state index is -0.807. The van der Waals surface area contributed by atoms with E-state index in [4.69, 9.17) is 33.0 Å². The van der Waals surface area contributed by atoms with Crippen molar-refractivity contribution in [3.8, 4) is 28.1 Å². The number of methoxy groups -OCH3 is 1. The number of carbonyl (C=O) groups excluding carboxylic acids is 2. The number of carboxylic acids is 1. The molecule has 0 spiro atoms. The molecule has 0 unspecified atom stereocenters. The van der Waals surface area contributed by atoms with Crippen LogP contribution < -0.4 is 20.7 Å². The third kappa shape index (κ3) is 7.78. The monoisotopic (exact) mass is 719 g/mol. The number of aliphatic carboxylic acids is 1. The van der Waals surface area contributed by atoms with Crippen LogP contribution in [0.5, 0.6) is 5.75 Å². The molecule has 1 fully saturated rings. The number of anilines is 1. The number of hydrogen-bond donors (Lipinski definition) is 4. The van der Waals surface area contributed by atoms with E-state index in [0.29, 0.717) is 83.7 Å². The Kier molecular flexibility index (Phi) is 11.0. The zero-order chi connectivity index (χ0) is 35.4. The Morgan fingerprint density at radius 3 is 2.70 bits per heavy atom. The third-order valence-electron chi connectivity index (χ3n) is 9.18. The van der Waals surface area contributed by atoms with E-state index >= 15 is 0 Å². The normalized spacial score (nSPS) is 15.8. The highest BCUT2D eigenvalue weighted by molar-refractivity contribution is 6.39. The minimum absolute atomic E-state index is 0.0899. The number of carboxylic acid groups (broad SMARTS) is 1. The van der Waals surface area contributed by atoms with Gasteiger partial charge < -0.3 is 30.4 Å². The molecule has 2 aliphatic heterocycles. The van der Waals surface area contributed by atoms with Crippen LogP contribution in [-0.4, -0.2) is 75.1 Å². The molecule has 0 bridgehead atoms. The van der Waals surface area contributed by atoms with E-state index in [1.807, 2.05) is 35.9 Å².